The molecular formula is C10H22N2O4. The lowest BCUT2D eigenvalue weighted by Gasteiger charge is -2.30. The maximum atomic E-state index is 11.4. The van der Waals surface area contributed by atoms with E-state index >= 15 is 0 Å². The van der Waals surface area contributed by atoms with Crippen LogP contribution in [0.4, 0.5) is 0 Å². The quantitative estimate of drug-likeness (QED) is 0.414. The minimum atomic E-state index is -0.866. The number of amides is 1. The van der Waals surface area contributed by atoms with Crippen molar-refractivity contribution in [2.24, 2.45) is 5.73 Å². The Hall–Kier alpha value is -0.690. The summed E-state index contributed by atoms with van der Waals surface area (Å²) in [5.74, 6) is -0.442. The molecule has 0 bridgehead atoms. The zero-order valence-corrected chi connectivity index (χ0v) is 10.4. The zero-order chi connectivity index (χ0) is 12.6. The van der Waals surface area contributed by atoms with Crippen LogP contribution >= 0.6 is 0 Å². The first-order valence-corrected chi connectivity index (χ1v) is 5.09. The number of primary amides is 1. The van der Waals surface area contributed by atoms with Crippen molar-refractivity contribution in [2.75, 3.05) is 34.5 Å². The van der Waals surface area contributed by atoms with E-state index in [1.807, 2.05) is 0 Å². The molecular weight excluding hydrogens is 212 g/mol. The normalized spacial score (nSPS) is 15.1. The number of hydrogen-bond donors (Lipinski definition) is 2. The Bertz CT molecular complexity index is 209. The second-order valence-electron chi connectivity index (χ2n) is 3.72. The van der Waals surface area contributed by atoms with E-state index in [2.05, 4.69) is 5.32 Å². The molecule has 6 heteroatoms. The third-order valence-electron chi connectivity index (χ3n) is 2.47. The first kappa shape index (κ1) is 15.3. The highest BCUT2D eigenvalue weighted by atomic mass is 16.7. The summed E-state index contributed by atoms with van der Waals surface area (Å²) in [7, 11) is 4.63. The summed E-state index contributed by atoms with van der Waals surface area (Å²) in [6.45, 7) is 2.76. The lowest BCUT2D eigenvalue weighted by atomic mass is 9.96. The summed E-state index contributed by atoms with van der Waals surface area (Å²) in [4.78, 5) is 11.4. The molecule has 3 N–H and O–H groups in total. The SMILES string of the molecule is COCCNC(C)(CC(OC)OC)C(N)=O. The number of nitrogens with two attached hydrogens (primary N) is 1. The molecule has 0 spiro atoms. The smallest absolute Gasteiger partial charge is 0.237 e. The predicted molar refractivity (Wildman–Crippen MR) is 59.9 cm³/mol. The highest BCUT2D eigenvalue weighted by Gasteiger charge is 2.33. The van der Waals surface area contributed by atoms with Gasteiger partial charge in [-0.05, 0) is 6.92 Å². The van der Waals surface area contributed by atoms with E-state index in [0.717, 1.165) is 0 Å². The first-order valence-electron chi connectivity index (χ1n) is 5.09. The van der Waals surface area contributed by atoms with E-state index in [9.17, 15) is 4.79 Å². The van der Waals surface area contributed by atoms with Crippen LogP contribution in [0.3, 0.4) is 0 Å². The standard InChI is InChI=1S/C10H22N2O4/c1-10(9(11)13,12-5-6-14-2)7-8(15-3)16-4/h8,12H,5-7H2,1-4H3,(H2,11,13). The Labute approximate surface area is 96.4 Å². The van der Waals surface area contributed by atoms with Crippen LogP contribution in [0.2, 0.25) is 0 Å². The maximum Gasteiger partial charge on any atom is 0.237 e. The highest BCUT2D eigenvalue weighted by Crippen LogP contribution is 2.14. The fourth-order valence-electron chi connectivity index (χ4n) is 1.29. The number of rotatable bonds is 9. The summed E-state index contributed by atoms with van der Waals surface area (Å²) in [5, 5.41) is 3.04. The number of hydrogen-bond acceptors (Lipinski definition) is 5. The van der Waals surface area contributed by atoms with E-state index in [4.69, 9.17) is 19.9 Å². The molecule has 96 valence electrons. The number of ether oxygens (including phenoxy) is 3. The molecule has 0 radical (unpaired) electrons. The van der Waals surface area contributed by atoms with E-state index in [0.29, 0.717) is 19.6 Å². The number of nitrogens with one attached hydrogen (secondary N) is 1. The summed E-state index contributed by atoms with van der Waals surface area (Å²) in [6, 6.07) is 0. The second kappa shape index (κ2) is 7.56. The minimum Gasteiger partial charge on any atom is -0.383 e. The Balaban J connectivity index is 4.37. The van der Waals surface area contributed by atoms with Crippen molar-refractivity contribution in [1.82, 2.24) is 5.32 Å². The zero-order valence-electron chi connectivity index (χ0n) is 10.4. The van der Waals surface area contributed by atoms with E-state index in [-0.39, 0.29) is 0 Å². The average Bonchev–Trinajstić information content (AvgIpc) is 2.26. The van der Waals surface area contributed by atoms with Gasteiger partial charge in [-0.1, -0.05) is 0 Å². The minimum absolute atomic E-state index is 0.346. The van der Waals surface area contributed by atoms with Gasteiger partial charge in [0.05, 0.1) is 12.1 Å². The molecule has 1 unspecified atom stereocenters. The number of methoxy groups -OCH3 is 3. The van der Waals surface area contributed by atoms with Crippen LogP contribution in [0.5, 0.6) is 0 Å². The fraction of sp³-hybridized carbons (Fsp3) is 0.900. The van der Waals surface area contributed by atoms with Gasteiger partial charge in [0, 0.05) is 34.3 Å². The van der Waals surface area contributed by atoms with Gasteiger partial charge in [0.15, 0.2) is 6.29 Å². The molecule has 0 fully saturated rings. The Morgan fingerprint density at radius 1 is 1.38 bits per heavy atom. The largest absolute Gasteiger partial charge is 0.383 e. The van der Waals surface area contributed by atoms with Crippen molar-refractivity contribution >= 4 is 5.91 Å². The van der Waals surface area contributed by atoms with Gasteiger partial charge in [0.1, 0.15) is 0 Å². The number of carbonyl (C=O) groups excluding carboxylic acids is 1. The average molecular weight is 234 g/mol. The topological polar surface area (TPSA) is 82.8 Å². The monoisotopic (exact) mass is 234 g/mol. The van der Waals surface area contributed by atoms with Gasteiger partial charge >= 0.3 is 0 Å². The van der Waals surface area contributed by atoms with Crippen LogP contribution in [0.15, 0.2) is 0 Å². The van der Waals surface area contributed by atoms with Crippen LogP contribution in [0.1, 0.15) is 13.3 Å². The molecule has 1 amide bonds. The molecule has 0 rings (SSSR count). The van der Waals surface area contributed by atoms with Crippen molar-refractivity contribution in [3.63, 3.8) is 0 Å². The molecule has 0 aliphatic heterocycles. The lowest BCUT2D eigenvalue weighted by Crippen LogP contribution is -2.56. The third kappa shape index (κ3) is 4.89. The van der Waals surface area contributed by atoms with Crippen molar-refractivity contribution in [3.05, 3.63) is 0 Å². The van der Waals surface area contributed by atoms with Gasteiger partial charge in [0.2, 0.25) is 5.91 Å². The molecule has 0 saturated carbocycles. The van der Waals surface area contributed by atoms with Crippen molar-refractivity contribution in [1.29, 1.82) is 0 Å². The summed E-state index contributed by atoms with van der Waals surface area (Å²) in [5.41, 5.74) is 4.49. The lowest BCUT2D eigenvalue weighted by molar-refractivity contribution is -0.138. The predicted octanol–water partition coefficient (Wildman–Crippen LogP) is -0.525. The maximum absolute atomic E-state index is 11.4. The molecule has 1 atom stereocenters. The summed E-state index contributed by atoms with van der Waals surface area (Å²) >= 11 is 0. The molecule has 0 heterocycles. The van der Waals surface area contributed by atoms with Crippen LogP contribution in [-0.4, -0.2) is 52.2 Å². The Morgan fingerprint density at radius 3 is 2.31 bits per heavy atom. The van der Waals surface area contributed by atoms with Gasteiger partial charge in [-0.15, -0.1) is 0 Å². The van der Waals surface area contributed by atoms with Crippen molar-refractivity contribution < 1.29 is 19.0 Å². The Morgan fingerprint density at radius 2 is 1.94 bits per heavy atom. The van der Waals surface area contributed by atoms with E-state index < -0.39 is 17.7 Å². The summed E-state index contributed by atoms with van der Waals surface area (Å²) < 4.78 is 15.0. The Kier molecular flexibility index (Phi) is 7.24. The van der Waals surface area contributed by atoms with Gasteiger partial charge in [-0.25, -0.2) is 0 Å². The second-order valence-corrected chi connectivity index (χ2v) is 3.72. The van der Waals surface area contributed by atoms with Gasteiger partial charge < -0.3 is 25.3 Å². The van der Waals surface area contributed by atoms with Gasteiger partial charge in [-0.3, -0.25) is 4.79 Å². The van der Waals surface area contributed by atoms with Crippen molar-refractivity contribution in [2.45, 2.75) is 25.2 Å². The van der Waals surface area contributed by atoms with Crippen LogP contribution < -0.4 is 11.1 Å². The first-order chi connectivity index (χ1) is 7.50. The fourth-order valence-corrected chi connectivity index (χ4v) is 1.29. The van der Waals surface area contributed by atoms with Gasteiger partial charge in [-0.2, -0.15) is 0 Å². The third-order valence-corrected chi connectivity index (χ3v) is 2.47. The van der Waals surface area contributed by atoms with Crippen LogP contribution in [0, 0.1) is 0 Å². The molecule has 0 aromatic heterocycles. The molecule has 0 aliphatic rings. The molecule has 0 aromatic rings. The van der Waals surface area contributed by atoms with E-state index in [1.54, 1.807) is 14.0 Å². The number of carbonyl (C=O) groups is 1. The highest BCUT2D eigenvalue weighted by molar-refractivity contribution is 5.84. The molecule has 6 nitrogen and oxygen atoms in total. The van der Waals surface area contributed by atoms with E-state index in [1.165, 1.54) is 14.2 Å². The molecule has 0 aliphatic carbocycles. The molecule has 0 saturated heterocycles. The van der Waals surface area contributed by atoms with Crippen LogP contribution in [0.25, 0.3) is 0 Å². The molecule has 16 heavy (non-hydrogen) atoms. The van der Waals surface area contributed by atoms with Crippen LogP contribution in [-0.2, 0) is 19.0 Å². The molecule has 0 aromatic carbocycles. The van der Waals surface area contributed by atoms with Gasteiger partial charge in [0.25, 0.3) is 0 Å². The van der Waals surface area contributed by atoms with Crippen molar-refractivity contribution in [3.8, 4) is 0 Å². The summed E-state index contributed by atoms with van der Waals surface area (Å²) in [6.07, 6.45) is -0.119.